The Kier molecular flexibility index (Phi) is 5.84. The maximum Gasteiger partial charge on any atom is 0.226 e. The van der Waals surface area contributed by atoms with Crippen LogP contribution in [0.3, 0.4) is 0 Å². The zero-order chi connectivity index (χ0) is 17.7. The first-order valence-corrected chi connectivity index (χ1v) is 7.97. The summed E-state index contributed by atoms with van der Waals surface area (Å²) < 4.78 is 10.6. The van der Waals surface area contributed by atoms with E-state index in [1.165, 1.54) is 0 Å². The standard InChI is InChI=1S/C18H24N2O4/c1-5-9-19-18(22)13-11-16(21)20(6-2)17(13)12-7-8-14(23-3)15(10-12)24-4/h5,7-8,10,13,17H,1,6,9,11H2,2-4H3,(H,19,22)/t13-,17+/m1/s1. The second-order valence-corrected chi connectivity index (χ2v) is 5.58. The molecule has 0 unspecified atom stereocenters. The van der Waals surface area contributed by atoms with E-state index in [0.29, 0.717) is 24.6 Å². The minimum atomic E-state index is -0.435. The van der Waals surface area contributed by atoms with Crippen LogP contribution in [0.2, 0.25) is 0 Å². The highest BCUT2D eigenvalue weighted by Gasteiger charge is 2.43. The van der Waals surface area contributed by atoms with Gasteiger partial charge in [0.2, 0.25) is 11.8 Å². The largest absolute Gasteiger partial charge is 0.493 e. The van der Waals surface area contributed by atoms with Crippen molar-refractivity contribution in [2.75, 3.05) is 27.3 Å². The van der Waals surface area contributed by atoms with Crippen LogP contribution in [0.4, 0.5) is 0 Å². The smallest absolute Gasteiger partial charge is 0.226 e. The van der Waals surface area contributed by atoms with Crippen molar-refractivity contribution < 1.29 is 19.1 Å². The molecule has 1 aromatic carbocycles. The molecule has 1 N–H and O–H groups in total. The lowest BCUT2D eigenvalue weighted by atomic mass is 9.92. The Bertz CT molecular complexity index is 629. The number of hydrogen-bond donors (Lipinski definition) is 1. The molecular weight excluding hydrogens is 308 g/mol. The molecule has 2 rings (SSSR count). The molecule has 0 aliphatic carbocycles. The van der Waals surface area contributed by atoms with Crippen molar-refractivity contribution in [3.05, 3.63) is 36.4 Å². The molecule has 0 saturated carbocycles. The van der Waals surface area contributed by atoms with Gasteiger partial charge in [-0.05, 0) is 24.6 Å². The van der Waals surface area contributed by atoms with Gasteiger partial charge in [0, 0.05) is 19.5 Å². The summed E-state index contributed by atoms with van der Waals surface area (Å²) in [6.07, 6.45) is 1.83. The van der Waals surface area contributed by atoms with Crippen molar-refractivity contribution in [1.29, 1.82) is 0 Å². The van der Waals surface area contributed by atoms with Crippen LogP contribution in [-0.4, -0.2) is 44.0 Å². The molecule has 0 spiro atoms. The van der Waals surface area contributed by atoms with Crippen LogP contribution in [-0.2, 0) is 9.59 Å². The van der Waals surface area contributed by atoms with E-state index in [0.717, 1.165) is 5.56 Å². The van der Waals surface area contributed by atoms with Gasteiger partial charge in [-0.3, -0.25) is 9.59 Å². The number of nitrogens with one attached hydrogen (secondary N) is 1. The highest BCUT2D eigenvalue weighted by atomic mass is 16.5. The van der Waals surface area contributed by atoms with Crippen LogP contribution in [0.5, 0.6) is 11.5 Å². The summed E-state index contributed by atoms with van der Waals surface area (Å²) in [5.41, 5.74) is 0.860. The third-order valence-corrected chi connectivity index (χ3v) is 4.28. The highest BCUT2D eigenvalue weighted by molar-refractivity contribution is 5.90. The van der Waals surface area contributed by atoms with Gasteiger partial charge in [0.25, 0.3) is 0 Å². The number of ether oxygens (including phenoxy) is 2. The lowest BCUT2D eigenvalue weighted by Crippen LogP contribution is -2.35. The molecule has 1 aliphatic heterocycles. The molecule has 6 heteroatoms. The van der Waals surface area contributed by atoms with E-state index >= 15 is 0 Å². The Balaban J connectivity index is 2.39. The monoisotopic (exact) mass is 332 g/mol. The number of nitrogens with zero attached hydrogens (tertiary/aromatic N) is 1. The van der Waals surface area contributed by atoms with Crippen LogP contribution in [0, 0.1) is 5.92 Å². The van der Waals surface area contributed by atoms with Crippen molar-refractivity contribution >= 4 is 11.8 Å². The second-order valence-electron chi connectivity index (χ2n) is 5.58. The molecule has 1 aromatic rings. The number of hydrogen-bond acceptors (Lipinski definition) is 4. The molecule has 2 amide bonds. The Morgan fingerprint density at radius 3 is 2.67 bits per heavy atom. The average molecular weight is 332 g/mol. The Hall–Kier alpha value is -2.50. The van der Waals surface area contributed by atoms with E-state index in [-0.39, 0.29) is 24.3 Å². The molecule has 2 atom stereocenters. The Morgan fingerprint density at radius 1 is 1.38 bits per heavy atom. The van der Waals surface area contributed by atoms with Gasteiger partial charge in [-0.15, -0.1) is 6.58 Å². The van der Waals surface area contributed by atoms with Crippen LogP contribution < -0.4 is 14.8 Å². The van der Waals surface area contributed by atoms with Gasteiger partial charge in [-0.25, -0.2) is 0 Å². The summed E-state index contributed by atoms with van der Waals surface area (Å²) in [5.74, 6) is 0.599. The normalized spacial score (nSPS) is 20.0. The first-order chi connectivity index (χ1) is 11.6. The number of benzene rings is 1. The maximum absolute atomic E-state index is 12.5. The van der Waals surface area contributed by atoms with E-state index < -0.39 is 5.92 Å². The average Bonchev–Trinajstić information content (AvgIpc) is 2.95. The lowest BCUT2D eigenvalue weighted by Gasteiger charge is -2.27. The van der Waals surface area contributed by atoms with Gasteiger partial charge in [0.05, 0.1) is 26.2 Å². The van der Waals surface area contributed by atoms with Crippen LogP contribution in [0.15, 0.2) is 30.9 Å². The van der Waals surface area contributed by atoms with Crippen LogP contribution in [0.1, 0.15) is 24.9 Å². The summed E-state index contributed by atoms with van der Waals surface area (Å²) >= 11 is 0. The third-order valence-electron chi connectivity index (χ3n) is 4.28. The molecule has 24 heavy (non-hydrogen) atoms. The minimum Gasteiger partial charge on any atom is -0.493 e. The number of likely N-dealkylation sites (tertiary alicyclic amines) is 1. The molecular formula is C18H24N2O4. The van der Waals surface area contributed by atoms with Gasteiger partial charge >= 0.3 is 0 Å². The Labute approximate surface area is 142 Å². The fourth-order valence-corrected chi connectivity index (χ4v) is 3.15. The lowest BCUT2D eigenvalue weighted by molar-refractivity contribution is -0.129. The Morgan fingerprint density at radius 2 is 2.08 bits per heavy atom. The zero-order valence-electron chi connectivity index (χ0n) is 14.4. The first kappa shape index (κ1) is 17.8. The molecule has 0 radical (unpaired) electrons. The third kappa shape index (κ3) is 3.37. The first-order valence-electron chi connectivity index (χ1n) is 7.97. The summed E-state index contributed by atoms with van der Waals surface area (Å²) in [6, 6.07) is 5.19. The van der Waals surface area contributed by atoms with E-state index in [9.17, 15) is 9.59 Å². The van der Waals surface area contributed by atoms with Gasteiger partial charge in [-0.2, -0.15) is 0 Å². The van der Waals surface area contributed by atoms with Gasteiger partial charge in [0.1, 0.15) is 0 Å². The number of carbonyl (C=O) groups excluding carboxylic acids is 2. The fourth-order valence-electron chi connectivity index (χ4n) is 3.15. The summed E-state index contributed by atoms with van der Waals surface area (Å²) in [5, 5.41) is 2.80. The van der Waals surface area contributed by atoms with Crippen molar-refractivity contribution in [1.82, 2.24) is 10.2 Å². The summed E-state index contributed by atoms with van der Waals surface area (Å²) in [7, 11) is 3.13. The quantitative estimate of drug-likeness (QED) is 0.775. The van der Waals surface area contributed by atoms with Gasteiger partial charge < -0.3 is 19.7 Å². The number of methoxy groups -OCH3 is 2. The summed E-state index contributed by atoms with van der Waals surface area (Å²) in [4.78, 5) is 26.5. The molecule has 1 saturated heterocycles. The van der Waals surface area contributed by atoms with E-state index in [4.69, 9.17) is 9.47 Å². The number of carbonyl (C=O) groups is 2. The molecule has 1 heterocycles. The van der Waals surface area contributed by atoms with Crippen LogP contribution in [0.25, 0.3) is 0 Å². The summed E-state index contributed by atoms with van der Waals surface area (Å²) in [6.45, 7) is 6.44. The predicted molar refractivity (Wildman–Crippen MR) is 91.0 cm³/mol. The SMILES string of the molecule is C=CCNC(=O)[C@@H]1CC(=O)N(CC)[C@H]1c1ccc(OC)c(OC)c1. The van der Waals surface area contributed by atoms with E-state index in [1.54, 1.807) is 31.3 Å². The number of rotatable bonds is 7. The molecule has 130 valence electrons. The molecule has 1 aliphatic rings. The van der Waals surface area contributed by atoms with E-state index in [1.807, 2.05) is 19.1 Å². The predicted octanol–water partition coefficient (Wildman–Crippen LogP) is 1.92. The second kappa shape index (κ2) is 7.86. The minimum absolute atomic E-state index is 0.0176. The van der Waals surface area contributed by atoms with Crippen molar-refractivity contribution in [3.8, 4) is 11.5 Å². The molecule has 1 fully saturated rings. The van der Waals surface area contributed by atoms with Gasteiger partial charge in [-0.1, -0.05) is 12.1 Å². The molecule has 0 bridgehead atoms. The van der Waals surface area contributed by atoms with Crippen molar-refractivity contribution in [3.63, 3.8) is 0 Å². The highest BCUT2D eigenvalue weighted by Crippen LogP contribution is 2.41. The number of amides is 2. The molecule has 6 nitrogen and oxygen atoms in total. The van der Waals surface area contributed by atoms with Crippen LogP contribution >= 0.6 is 0 Å². The van der Waals surface area contributed by atoms with E-state index in [2.05, 4.69) is 11.9 Å². The van der Waals surface area contributed by atoms with Crippen molar-refractivity contribution in [2.24, 2.45) is 5.92 Å². The van der Waals surface area contributed by atoms with Gasteiger partial charge in [0.15, 0.2) is 11.5 Å². The maximum atomic E-state index is 12.5. The zero-order valence-corrected chi connectivity index (χ0v) is 14.4. The molecule has 0 aromatic heterocycles. The van der Waals surface area contributed by atoms with Crippen molar-refractivity contribution in [2.45, 2.75) is 19.4 Å². The fraction of sp³-hybridized carbons (Fsp3) is 0.444. The topological polar surface area (TPSA) is 67.9 Å².